The lowest BCUT2D eigenvalue weighted by molar-refractivity contribution is 0.496. The molecule has 3 rings (SSSR count). The summed E-state index contributed by atoms with van der Waals surface area (Å²) in [6.07, 6.45) is 1.61. The minimum Gasteiger partial charge on any atom is -0.255 e. The van der Waals surface area contributed by atoms with Crippen molar-refractivity contribution in [1.82, 2.24) is 4.98 Å². The van der Waals surface area contributed by atoms with Gasteiger partial charge in [-0.2, -0.15) is 0 Å². The van der Waals surface area contributed by atoms with E-state index in [9.17, 15) is 13.2 Å². The number of rotatable bonds is 2. The first-order valence-corrected chi connectivity index (χ1v) is 6.73. The molecule has 0 saturated carbocycles. The van der Waals surface area contributed by atoms with Crippen LogP contribution < -0.4 is 0 Å². The SMILES string of the molecule is Cc1cc(-c2cc(F)c(F)cc2F)ncc1-c1ccccc1. The average molecular weight is 299 g/mol. The Morgan fingerprint density at radius 1 is 0.773 bits per heavy atom. The molecule has 0 amide bonds. The number of aromatic nitrogens is 1. The van der Waals surface area contributed by atoms with Gasteiger partial charge >= 0.3 is 0 Å². The summed E-state index contributed by atoms with van der Waals surface area (Å²) in [6, 6.07) is 12.7. The molecule has 1 heterocycles. The van der Waals surface area contributed by atoms with Gasteiger partial charge in [0, 0.05) is 23.4 Å². The van der Waals surface area contributed by atoms with E-state index in [4.69, 9.17) is 0 Å². The van der Waals surface area contributed by atoms with Crippen LogP contribution in [0.4, 0.5) is 13.2 Å². The number of benzene rings is 2. The summed E-state index contributed by atoms with van der Waals surface area (Å²) in [5.74, 6) is -3.14. The predicted octanol–water partition coefficient (Wildman–Crippen LogP) is 5.14. The molecule has 0 aliphatic heterocycles. The number of aryl methyl sites for hydroxylation is 1. The van der Waals surface area contributed by atoms with E-state index in [1.54, 1.807) is 12.3 Å². The van der Waals surface area contributed by atoms with E-state index in [1.165, 1.54) is 0 Å². The average Bonchev–Trinajstić information content (AvgIpc) is 2.51. The largest absolute Gasteiger partial charge is 0.255 e. The number of hydrogen-bond acceptors (Lipinski definition) is 1. The van der Waals surface area contributed by atoms with Gasteiger partial charge in [0.15, 0.2) is 11.6 Å². The molecule has 0 atom stereocenters. The van der Waals surface area contributed by atoms with Crippen molar-refractivity contribution in [2.45, 2.75) is 6.92 Å². The molecule has 0 radical (unpaired) electrons. The van der Waals surface area contributed by atoms with Crippen molar-refractivity contribution in [3.63, 3.8) is 0 Å². The second-order valence-corrected chi connectivity index (χ2v) is 5.00. The van der Waals surface area contributed by atoms with E-state index in [1.807, 2.05) is 37.3 Å². The first kappa shape index (κ1) is 14.3. The Bertz CT molecular complexity index is 829. The highest BCUT2D eigenvalue weighted by Gasteiger charge is 2.13. The quantitative estimate of drug-likeness (QED) is 0.597. The van der Waals surface area contributed by atoms with Gasteiger partial charge in [-0.15, -0.1) is 0 Å². The van der Waals surface area contributed by atoms with Gasteiger partial charge < -0.3 is 0 Å². The first-order chi connectivity index (χ1) is 10.6. The second kappa shape index (κ2) is 5.64. The van der Waals surface area contributed by atoms with Crippen LogP contribution in [-0.4, -0.2) is 4.98 Å². The third-order valence-corrected chi connectivity index (χ3v) is 3.48. The van der Waals surface area contributed by atoms with Crippen LogP contribution in [0.3, 0.4) is 0 Å². The smallest absolute Gasteiger partial charge is 0.161 e. The molecule has 0 saturated heterocycles. The van der Waals surface area contributed by atoms with Crippen LogP contribution in [0.2, 0.25) is 0 Å². The molecule has 0 fully saturated rings. The zero-order chi connectivity index (χ0) is 15.7. The van der Waals surface area contributed by atoms with Crippen LogP contribution >= 0.6 is 0 Å². The van der Waals surface area contributed by atoms with E-state index in [0.717, 1.165) is 22.8 Å². The number of hydrogen-bond donors (Lipinski definition) is 0. The van der Waals surface area contributed by atoms with Crippen LogP contribution in [0, 0.1) is 24.4 Å². The molecule has 1 aromatic heterocycles. The van der Waals surface area contributed by atoms with Gasteiger partial charge in [-0.25, -0.2) is 13.2 Å². The molecule has 3 aromatic rings. The summed E-state index contributed by atoms with van der Waals surface area (Å²) in [6.45, 7) is 1.87. The Morgan fingerprint density at radius 2 is 1.45 bits per heavy atom. The normalized spacial score (nSPS) is 10.7. The molecule has 0 unspecified atom stereocenters. The van der Waals surface area contributed by atoms with Crippen LogP contribution in [-0.2, 0) is 0 Å². The standard InChI is InChI=1S/C18H12F3N/c1-11-7-18(13-8-16(20)17(21)9-15(13)19)22-10-14(11)12-5-3-2-4-6-12/h2-10H,1H3. The van der Waals surface area contributed by atoms with Crippen molar-refractivity contribution in [1.29, 1.82) is 0 Å². The number of halogens is 3. The zero-order valence-electron chi connectivity index (χ0n) is 11.8. The Hall–Kier alpha value is -2.62. The molecule has 4 heteroatoms. The fraction of sp³-hybridized carbons (Fsp3) is 0.0556. The second-order valence-electron chi connectivity index (χ2n) is 5.00. The lowest BCUT2D eigenvalue weighted by Crippen LogP contribution is -1.95. The molecule has 110 valence electrons. The Balaban J connectivity index is 2.08. The van der Waals surface area contributed by atoms with E-state index in [0.29, 0.717) is 6.07 Å². The van der Waals surface area contributed by atoms with E-state index in [-0.39, 0.29) is 11.3 Å². The third-order valence-electron chi connectivity index (χ3n) is 3.48. The van der Waals surface area contributed by atoms with Gasteiger partial charge in [0.25, 0.3) is 0 Å². The lowest BCUT2D eigenvalue weighted by Gasteiger charge is -2.09. The fourth-order valence-electron chi connectivity index (χ4n) is 2.34. The van der Waals surface area contributed by atoms with Crippen molar-refractivity contribution >= 4 is 0 Å². The predicted molar refractivity (Wildman–Crippen MR) is 79.7 cm³/mol. The fourth-order valence-corrected chi connectivity index (χ4v) is 2.34. The van der Waals surface area contributed by atoms with Crippen LogP contribution in [0.25, 0.3) is 22.4 Å². The van der Waals surface area contributed by atoms with E-state index >= 15 is 0 Å². The summed E-state index contributed by atoms with van der Waals surface area (Å²) in [7, 11) is 0. The summed E-state index contributed by atoms with van der Waals surface area (Å²) in [5.41, 5.74) is 2.99. The summed E-state index contributed by atoms with van der Waals surface area (Å²) in [5, 5.41) is 0. The summed E-state index contributed by atoms with van der Waals surface area (Å²) >= 11 is 0. The highest BCUT2D eigenvalue weighted by atomic mass is 19.2. The molecular formula is C18H12F3N. The van der Waals surface area contributed by atoms with Gasteiger partial charge in [-0.1, -0.05) is 30.3 Å². The maximum Gasteiger partial charge on any atom is 0.161 e. The van der Waals surface area contributed by atoms with E-state index < -0.39 is 17.5 Å². The molecule has 0 bridgehead atoms. The van der Waals surface area contributed by atoms with Crippen molar-refractivity contribution in [3.05, 3.63) is 77.7 Å². The molecule has 0 aliphatic carbocycles. The minimum atomic E-state index is -1.21. The summed E-state index contributed by atoms with van der Waals surface area (Å²) in [4.78, 5) is 4.19. The third kappa shape index (κ3) is 2.60. The van der Waals surface area contributed by atoms with Gasteiger partial charge in [0.1, 0.15) is 5.82 Å². The maximum atomic E-state index is 13.8. The number of nitrogens with zero attached hydrogens (tertiary/aromatic N) is 1. The van der Waals surface area contributed by atoms with Gasteiger partial charge in [-0.05, 0) is 30.2 Å². The van der Waals surface area contributed by atoms with Gasteiger partial charge in [0.2, 0.25) is 0 Å². The van der Waals surface area contributed by atoms with E-state index in [2.05, 4.69) is 4.98 Å². The summed E-state index contributed by atoms with van der Waals surface area (Å²) < 4.78 is 40.1. The topological polar surface area (TPSA) is 12.9 Å². The number of pyridine rings is 1. The monoisotopic (exact) mass is 299 g/mol. The van der Waals surface area contributed by atoms with Crippen molar-refractivity contribution in [2.24, 2.45) is 0 Å². The molecule has 0 aliphatic rings. The van der Waals surface area contributed by atoms with Crippen molar-refractivity contribution in [2.75, 3.05) is 0 Å². The van der Waals surface area contributed by atoms with Crippen LogP contribution in [0.5, 0.6) is 0 Å². The highest BCUT2D eigenvalue weighted by molar-refractivity contribution is 5.70. The lowest BCUT2D eigenvalue weighted by atomic mass is 10.0. The molecule has 0 spiro atoms. The maximum absolute atomic E-state index is 13.8. The van der Waals surface area contributed by atoms with Crippen LogP contribution in [0.15, 0.2) is 54.7 Å². The molecular weight excluding hydrogens is 287 g/mol. The van der Waals surface area contributed by atoms with Gasteiger partial charge in [0.05, 0.1) is 5.69 Å². The van der Waals surface area contributed by atoms with Crippen LogP contribution in [0.1, 0.15) is 5.56 Å². The van der Waals surface area contributed by atoms with Crippen molar-refractivity contribution in [3.8, 4) is 22.4 Å². The first-order valence-electron chi connectivity index (χ1n) is 6.73. The van der Waals surface area contributed by atoms with Gasteiger partial charge in [-0.3, -0.25) is 4.98 Å². The highest BCUT2D eigenvalue weighted by Crippen LogP contribution is 2.28. The molecule has 22 heavy (non-hydrogen) atoms. The molecule has 1 nitrogen and oxygen atoms in total. The molecule has 0 N–H and O–H groups in total. The minimum absolute atomic E-state index is 0.0541. The Labute approximate surface area is 126 Å². The molecule has 2 aromatic carbocycles. The van der Waals surface area contributed by atoms with Crippen molar-refractivity contribution < 1.29 is 13.2 Å². The Morgan fingerprint density at radius 3 is 2.14 bits per heavy atom. The zero-order valence-corrected chi connectivity index (χ0v) is 11.8. The Kier molecular flexibility index (Phi) is 3.67.